The van der Waals surface area contributed by atoms with Crippen LogP contribution in [0, 0.1) is 6.92 Å². The zero-order chi connectivity index (χ0) is 14.3. The molecule has 0 amide bonds. The van der Waals surface area contributed by atoms with Crippen molar-refractivity contribution in [2.75, 3.05) is 0 Å². The molecule has 0 fully saturated rings. The number of rotatable bonds is 1. The molecule has 0 aliphatic rings. The summed E-state index contributed by atoms with van der Waals surface area (Å²) in [6, 6.07) is 6.92. The van der Waals surface area contributed by atoms with Crippen LogP contribution in [0.15, 0.2) is 36.7 Å². The Kier molecular flexibility index (Phi) is 2.64. The van der Waals surface area contributed by atoms with Crippen molar-refractivity contribution in [3.8, 4) is 16.9 Å². The average Bonchev–Trinajstić information content (AvgIpc) is 2.76. The van der Waals surface area contributed by atoms with Gasteiger partial charge in [-0.2, -0.15) is 9.78 Å². The van der Waals surface area contributed by atoms with Gasteiger partial charge in [-0.25, -0.2) is 4.79 Å². The first-order chi connectivity index (χ1) is 9.56. The summed E-state index contributed by atoms with van der Waals surface area (Å²) in [5.74, 6) is 0.0838. The number of fused-ring (bicyclic) bond motifs is 1. The molecule has 0 saturated heterocycles. The lowest BCUT2D eigenvalue weighted by molar-refractivity contribution is 0.194. The van der Waals surface area contributed by atoms with E-state index in [0.717, 1.165) is 21.2 Å². The molecule has 3 rings (SSSR count). The summed E-state index contributed by atoms with van der Waals surface area (Å²) in [5, 5.41) is 23.3. The Morgan fingerprint density at radius 1 is 1.20 bits per heavy atom. The Balaban J connectivity index is 2.21. The van der Waals surface area contributed by atoms with Gasteiger partial charge in [0.25, 0.3) is 0 Å². The summed E-state index contributed by atoms with van der Waals surface area (Å²) < 4.78 is 0.954. The zero-order valence-corrected chi connectivity index (χ0v) is 10.6. The second kappa shape index (κ2) is 4.34. The van der Waals surface area contributed by atoms with Crippen LogP contribution in [0.4, 0.5) is 4.79 Å². The maximum atomic E-state index is 11.1. The third kappa shape index (κ3) is 1.87. The molecule has 0 unspecified atom stereocenters. The Morgan fingerprint density at radius 3 is 2.70 bits per heavy atom. The highest BCUT2D eigenvalue weighted by Crippen LogP contribution is 2.27. The van der Waals surface area contributed by atoms with E-state index in [1.54, 1.807) is 31.3 Å². The Labute approximate surface area is 113 Å². The minimum absolute atomic E-state index is 0.0838. The first kappa shape index (κ1) is 12.2. The minimum Gasteiger partial charge on any atom is -0.506 e. The molecule has 0 saturated carbocycles. The molecular formula is C14H11N3O3. The van der Waals surface area contributed by atoms with Crippen LogP contribution in [0.3, 0.4) is 0 Å². The quantitative estimate of drug-likeness (QED) is 0.709. The van der Waals surface area contributed by atoms with E-state index in [2.05, 4.69) is 10.1 Å². The minimum atomic E-state index is -1.12. The topological polar surface area (TPSA) is 88.2 Å². The summed E-state index contributed by atoms with van der Waals surface area (Å²) in [4.78, 5) is 15.0. The SMILES string of the molecule is Cc1nn(C(=O)O)c2ccc(-c3cncc(O)c3)cc12. The zero-order valence-electron chi connectivity index (χ0n) is 10.6. The van der Waals surface area contributed by atoms with Crippen molar-refractivity contribution in [2.24, 2.45) is 0 Å². The van der Waals surface area contributed by atoms with Crippen LogP contribution in [0.1, 0.15) is 5.69 Å². The van der Waals surface area contributed by atoms with Crippen molar-refractivity contribution < 1.29 is 15.0 Å². The molecule has 20 heavy (non-hydrogen) atoms. The van der Waals surface area contributed by atoms with Crippen molar-refractivity contribution in [1.29, 1.82) is 0 Å². The number of carbonyl (C=O) groups is 1. The monoisotopic (exact) mass is 269 g/mol. The maximum absolute atomic E-state index is 11.1. The molecule has 0 radical (unpaired) electrons. The second-order valence-corrected chi connectivity index (χ2v) is 4.44. The molecule has 6 nitrogen and oxygen atoms in total. The fourth-order valence-electron chi connectivity index (χ4n) is 2.18. The molecule has 2 aromatic heterocycles. The molecule has 2 heterocycles. The standard InChI is InChI=1S/C14H11N3O3/c1-8-12-5-9(10-4-11(18)7-15-6-10)2-3-13(12)17(16-8)14(19)20/h2-7,18H,1H3,(H,19,20). The van der Waals surface area contributed by atoms with E-state index in [-0.39, 0.29) is 5.75 Å². The first-order valence-electron chi connectivity index (χ1n) is 5.93. The molecule has 0 spiro atoms. The number of pyridine rings is 1. The lowest BCUT2D eigenvalue weighted by atomic mass is 10.0. The van der Waals surface area contributed by atoms with Crippen LogP contribution in [0.5, 0.6) is 5.75 Å². The van der Waals surface area contributed by atoms with Gasteiger partial charge in [-0.15, -0.1) is 0 Å². The van der Waals surface area contributed by atoms with Gasteiger partial charge < -0.3 is 10.2 Å². The normalized spacial score (nSPS) is 10.8. The van der Waals surface area contributed by atoms with Crippen LogP contribution >= 0.6 is 0 Å². The maximum Gasteiger partial charge on any atom is 0.432 e. The molecule has 0 bridgehead atoms. The molecule has 0 aliphatic carbocycles. The van der Waals surface area contributed by atoms with E-state index in [1.807, 2.05) is 6.07 Å². The van der Waals surface area contributed by atoms with Crippen molar-refractivity contribution >= 4 is 17.0 Å². The first-order valence-corrected chi connectivity index (χ1v) is 5.93. The van der Waals surface area contributed by atoms with Gasteiger partial charge in [-0.3, -0.25) is 4.98 Å². The Hall–Kier alpha value is -2.89. The number of aromatic nitrogens is 3. The summed E-state index contributed by atoms with van der Waals surface area (Å²) in [6.07, 6.45) is 1.88. The van der Waals surface area contributed by atoms with Crippen molar-refractivity contribution in [3.63, 3.8) is 0 Å². The number of aromatic hydroxyl groups is 1. The van der Waals surface area contributed by atoms with E-state index < -0.39 is 6.09 Å². The summed E-state index contributed by atoms with van der Waals surface area (Å²) in [7, 11) is 0. The molecule has 2 N–H and O–H groups in total. The Morgan fingerprint density at radius 2 is 2.00 bits per heavy atom. The van der Waals surface area contributed by atoms with Gasteiger partial charge in [0.2, 0.25) is 0 Å². The predicted octanol–water partition coefficient (Wildman–Crippen LogP) is 2.64. The van der Waals surface area contributed by atoms with Crippen LogP contribution in [0.2, 0.25) is 0 Å². The van der Waals surface area contributed by atoms with Crippen LogP contribution in [0.25, 0.3) is 22.0 Å². The van der Waals surface area contributed by atoms with Gasteiger partial charge in [-0.05, 0) is 30.7 Å². The highest BCUT2D eigenvalue weighted by molar-refractivity contribution is 5.92. The number of hydrogen-bond acceptors (Lipinski definition) is 4. The molecule has 0 aliphatic heterocycles. The smallest absolute Gasteiger partial charge is 0.432 e. The fourth-order valence-corrected chi connectivity index (χ4v) is 2.18. The number of nitrogens with zero attached hydrogens (tertiary/aromatic N) is 3. The third-order valence-corrected chi connectivity index (χ3v) is 3.10. The molecule has 1 aromatic carbocycles. The largest absolute Gasteiger partial charge is 0.506 e. The van der Waals surface area contributed by atoms with E-state index in [9.17, 15) is 9.90 Å². The van der Waals surface area contributed by atoms with Crippen molar-refractivity contribution in [1.82, 2.24) is 14.8 Å². The molecule has 100 valence electrons. The summed E-state index contributed by atoms with van der Waals surface area (Å²) in [6.45, 7) is 1.76. The van der Waals surface area contributed by atoms with E-state index in [4.69, 9.17) is 5.11 Å². The van der Waals surface area contributed by atoms with Gasteiger partial charge in [0.05, 0.1) is 17.4 Å². The van der Waals surface area contributed by atoms with Gasteiger partial charge >= 0.3 is 6.09 Å². The van der Waals surface area contributed by atoms with Gasteiger partial charge in [0.15, 0.2) is 0 Å². The third-order valence-electron chi connectivity index (χ3n) is 3.10. The van der Waals surface area contributed by atoms with Crippen LogP contribution in [-0.4, -0.2) is 31.1 Å². The predicted molar refractivity (Wildman–Crippen MR) is 72.8 cm³/mol. The van der Waals surface area contributed by atoms with Gasteiger partial charge in [0.1, 0.15) is 5.75 Å². The number of hydrogen-bond donors (Lipinski definition) is 2. The van der Waals surface area contributed by atoms with Gasteiger partial charge in [0, 0.05) is 17.1 Å². The molecule has 6 heteroatoms. The summed E-state index contributed by atoms with van der Waals surface area (Å²) in [5.41, 5.74) is 2.77. The lowest BCUT2D eigenvalue weighted by Gasteiger charge is -2.03. The number of aryl methyl sites for hydroxylation is 1. The fraction of sp³-hybridized carbons (Fsp3) is 0.0714. The molecular weight excluding hydrogens is 258 g/mol. The van der Waals surface area contributed by atoms with Crippen LogP contribution in [-0.2, 0) is 0 Å². The molecule has 3 aromatic rings. The van der Waals surface area contributed by atoms with E-state index in [0.29, 0.717) is 11.2 Å². The van der Waals surface area contributed by atoms with Crippen molar-refractivity contribution in [3.05, 3.63) is 42.4 Å². The molecule has 0 atom stereocenters. The number of benzene rings is 1. The van der Waals surface area contributed by atoms with Gasteiger partial charge in [-0.1, -0.05) is 6.07 Å². The van der Waals surface area contributed by atoms with E-state index >= 15 is 0 Å². The second-order valence-electron chi connectivity index (χ2n) is 4.44. The highest BCUT2D eigenvalue weighted by atomic mass is 16.4. The lowest BCUT2D eigenvalue weighted by Crippen LogP contribution is -2.09. The number of carboxylic acid groups (broad SMARTS) is 1. The van der Waals surface area contributed by atoms with Crippen molar-refractivity contribution in [2.45, 2.75) is 6.92 Å². The highest BCUT2D eigenvalue weighted by Gasteiger charge is 2.13. The Bertz CT molecular complexity index is 824. The van der Waals surface area contributed by atoms with E-state index in [1.165, 1.54) is 6.20 Å². The summed E-state index contributed by atoms with van der Waals surface area (Å²) >= 11 is 0. The average molecular weight is 269 g/mol. The van der Waals surface area contributed by atoms with Crippen LogP contribution < -0.4 is 0 Å².